The molecule has 17 nitrogen and oxygen atoms in total. The van der Waals surface area contributed by atoms with Crippen molar-refractivity contribution in [1.29, 1.82) is 0 Å². The fourth-order valence-corrected chi connectivity index (χ4v) is 12.7. The molecule has 0 rings (SSSR count). The van der Waals surface area contributed by atoms with E-state index >= 15 is 0 Å². The number of carbonyl (C=O) groups excluding carboxylic acids is 4. The average Bonchev–Trinajstić information content (AvgIpc) is 3.35. The average molecular weight is 1350 g/mol. The summed E-state index contributed by atoms with van der Waals surface area (Å²) in [4.78, 5) is 72.7. The summed E-state index contributed by atoms with van der Waals surface area (Å²) in [6, 6.07) is 0. The minimum Gasteiger partial charge on any atom is -0.462 e. The van der Waals surface area contributed by atoms with E-state index in [-0.39, 0.29) is 25.7 Å². The number of hydrogen-bond acceptors (Lipinski definition) is 15. The molecule has 0 aliphatic carbocycles. The molecule has 0 saturated carbocycles. The lowest BCUT2D eigenvalue weighted by Crippen LogP contribution is -2.30. The van der Waals surface area contributed by atoms with Crippen LogP contribution < -0.4 is 0 Å². The van der Waals surface area contributed by atoms with E-state index in [9.17, 15) is 43.2 Å². The molecular weight excluding hydrogens is 1210 g/mol. The summed E-state index contributed by atoms with van der Waals surface area (Å²) in [5.74, 6) is -0.616. The molecule has 0 fully saturated rings. The summed E-state index contributed by atoms with van der Waals surface area (Å²) in [5.41, 5.74) is 0. The molecule has 0 aromatic heterocycles. The van der Waals surface area contributed by atoms with Gasteiger partial charge < -0.3 is 33.8 Å². The first-order chi connectivity index (χ1) is 44.4. The van der Waals surface area contributed by atoms with Gasteiger partial charge >= 0.3 is 39.5 Å². The van der Waals surface area contributed by atoms with Crippen LogP contribution in [0, 0.1) is 11.8 Å². The van der Waals surface area contributed by atoms with Crippen molar-refractivity contribution < 1.29 is 80.2 Å². The lowest BCUT2D eigenvalue weighted by molar-refractivity contribution is -0.161. The summed E-state index contributed by atoms with van der Waals surface area (Å²) >= 11 is 0. The van der Waals surface area contributed by atoms with Crippen LogP contribution in [0.5, 0.6) is 0 Å². The van der Waals surface area contributed by atoms with E-state index in [1.807, 2.05) is 0 Å². The van der Waals surface area contributed by atoms with E-state index in [2.05, 4.69) is 41.5 Å². The molecule has 0 aliphatic rings. The molecule has 6 atom stereocenters. The summed E-state index contributed by atoms with van der Waals surface area (Å²) < 4.78 is 68.4. The lowest BCUT2D eigenvalue weighted by Gasteiger charge is -2.21. The van der Waals surface area contributed by atoms with Crippen LogP contribution in [-0.2, 0) is 65.4 Å². The van der Waals surface area contributed by atoms with Gasteiger partial charge in [-0.3, -0.25) is 37.3 Å². The molecule has 0 aromatic carbocycles. The zero-order valence-corrected chi connectivity index (χ0v) is 61.6. The summed E-state index contributed by atoms with van der Waals surface area (Å²) in [7, 11) is -9.91. The van der Waals surface area contributed by atoms with Gasteiger partial charge in [-0.05, 0) is 37.5 Å². The molecule has 0 spiro atoms. The fraction of sp³-hybridized carbons (Fsp3) is 0.945. The number of carbonyl (C=O) groups is 4. The summed E-state index contributed by atoms with van der Waals surface area (Å²) in [5, 5.41) is 10.6. The SMILES string of the molecule is CCCCCCCCCCCCCCCCCCC(=O)O[C@H](COC(=O)CCCCCCCCCCCCCC(C)C)COP(=O)(O)OC[C@@H](O)COP(=O)(O)OC[C@@H](COC(=O)CCCCCCCCC(C)CC)OC(=O)CCCCCCCCCCCCCC. The number of ether oxygens (including phenoxy) is 4. The summed E-state index contributed by atoms with van der Waals surface area (Å²) in [6.07, 6.45) is 51.2. The Morgan fingerprint density at radius 1 is 0.315 bits per heavy atom. The maximum Gasteiger partial charge on any atom is 0.472 e. The number of aliphatic hydroxyl groups is 1. The van der Waals surface area contributed by atoms with Crippen LogP contribution in [-0.4, -0.2) is 96.7 Å². The predicted molar refractivity (Wildman–Crippen MR) is 372 cm³/mol. The van der Waals surface area contributed by atoms with Gasteiger partial charge in [-0.15, -0.1) is 0 Å². The minimum atomic E-state index is -4.95. The second-order valence-electron chi connectivity index (χ2n) is 27.1. The molecule has 546 valence electrons. The monoisotopic (exact) mass is 1350 g/mol. The zero-order valence-electron chi connectivity index (χ0n) is 59.9. The van der Waals surface area contributed by atoms with Gasteiger partial charge in [-0.1, -0.05) is 324 Å². The van der Waals surface area contributed by atoms with Crippen LogP contribution in [0.4, 0.5) is 0 Å². The van der Waals surface area contributed by atoms with Gasteiger partial charge in [0.25, 0.3) is 0 Å². The van der Waals surface area contributed by atoms with E-state index in [0.717, 1.165) is 108 Å². The number of hydrogen-bond donors (Lipinski definition) is 3. The topological polar surface area (TPSA) is 237 Å². The van der Waals surface area contributed by atoms with Crippen LogP contribution >= 0.6 is 15.6 Å². The van der Waals surface area contributed by atoms with Crippen LogP contribution in [0.2, 0.25) is 0 Å². The lowest BCUT2D eigenvalue weighted by atomic mass is 10.00. The molecule has 0 saturated heterocycles. The number of phosphoric ester groups is 2. The van der Waals surface area contributed by atoms with Crippen molar-refractivity contribution in [2.24, 2.45) is 11.8 Å². The largest absolute Gasteiger partial charge is 0.472 e. The van der Waals surface area contributed by atoms with Crippen LogP contribution in [0.15, 0.2) is 0 Å². The molecule has 0 heterocycles. The highest BCUT2D eigenvalue weighted by Crippen LogP contribution is 2.45. The van der Waals surface area contributed by atoms with Crippen LogP contribution in [0.3, 0.4) is 0 Å². The van der Waals surface area contributed by atoms with Gasteiger partial charge in [-0.25, -0.2) is 9.13 Å². The molecule has 0 aromatic rings. The number of esters is 4. The first-order valence-corrected chi connectivity index (χ1v) is 41.0. The molecular formula is C73H142O17P2. The van der Waals surface area contributed by atoms with Crippen molar-refractivity contribution in [3.8, 4) is 0 Å². The number of unbranched alkanes of at least 4 members (excludes halogenated alkanes) is 41. The minimum absolute atomic E-state index is 0.106. The number of rotatable bonds is 72. The van der Waals surface area contributed by atoms with Gasteiger partial charge in [0, 0.05) is 25.7 Å². The van der Waals surface area contributed by atoms with Crippen molar-refractivity contribution >= 4 is 39.5 Å². The number of aliphatic hydroxyl groups excluding tert-OH is 1. The molecule has 0 amide bonds. The maximum absolute atomic E-state index is 13.1. The Bertz CT molecular complexity index is 1790. The third kappa shape index (κ3) is 65.4. The van der Waals surface area contributed by atoms with Crippen molar-refractivity contribution in [1.82, 2.24) is 0 Å². The molecule has 3 unspecified atom stereocenters. The second-order valence-corrected chi connectivity index (χ2v) is 30.0. The Morgan fingerprint density at radius 2 is 0.554 bits per heavy atom. The quantitative estimate of drug-likeness (QED) is 0.0222. The summed E-state index contributed by atoms with van der Waals surface area (Å²) in [6.45, 7) is 9.54. The highest BCUT2D eigenvalue weighted by Gasteiger charge is 2.30. The zero-order chi connectivity index (χ0) is 67.9. The van der Waals surface area contributed by atoms with E-state index in [1.54, 1.807) is 0 Å². The fourth-order valence-electron chi connectivity index (χ4n) is 11.1. The van der Waals surface area contributed by atoms with E-state index in [1.165, 1.54) is 186 Å². The van der Waals surface area contributed by atoms with E-state index in [0.29, 0.717) is 25.7 Å². The predicted octanol–water partition coefficient (Wildman–Crippen LogP) is 21.2. The Labute approximate surface area is 562 Å². The Balaban J connectivity index is 5.25. The third-order valence-corrected chi connectivity index (χ3v) is 19.2. The normalized spacial score (nSPS) is 14.4. The van der Waals surface area contributed by atoms with Crippen molar-refractivity contribution in [3.05, 3.63) is 0 Å². The van der Waals surface area contributed by atoms with Gasteiger partial charge in [0.2, 0.25) is 0 Å². The Morgan fingerprint density at radius 3 is 0.826 bits per heavy atom. The molecule has 3 N–H and O–H groups in total. The third-order valence-electron chi connectivity index (χ3n) is 17.3. The highest BCUT2D eigenvalue weighted by atomic mass is 31.2. The Kier molecular flexibility index (Phi) is 63.7. The van der Waals surface area contributed by atoms with Crippen molar-refractivity contribution in [2.75, 3.05) is 39.6 Å². The van der Waals surface area contributed by atoms with Gasteiger partial charge in [0.05, 0.1) is 26.4 Å². The maximum atomic E-state index is 13.1. The molecule has 0 radical (unpaired) electrons. The molecule has 92 heavy (non-hydrogen) atoms. The van der Waals surface area contributed by atoms with Crippen molar-refractivity contribution in [3.63, 3.8) is 0 Å². The standard InChI is InChI=1S/C73H142O17P2/c1-7-10-12-14-16-18-20-22-23-24-25-29-34-38-46-52-58-73(78)89-68(61-83-70(75)55-49-43-36-32-30-26-27-31-35-41-47-53-65(4)5)63-87-91(79,80)85-59-67(74)60-86-92(81,82)88-64-69(62-84-71(76)56-50-44-40-39-42-48-54-66(6)9-3)90-72(77)57-51-45-37-33-28-21-19-17-15-13-11-8-2/h65-69,74H,7-64H2,1-6H3,(H,79,80)(H,81,82)/t66?,67-,68-,69-/m1/s1. The first-order valence-electron chi connectivity index (χ1n) is 38.0. The van der Waals surface area contributed by atoms with Gasteiger partial charge in [-0.2, -0.15) is 0 Å². The Hall–Kier alpha value is -1.94. The van der Waals surface area contributed by atoms with Gasteiger partial charge in [0.1, 0.15) is 19.3 Å². The smallest absolute Gasteiger partial charge is 0.462 e. The van der Waals surface area contributed by atoms with Crippen LogP contribution in [0.25, 0.3) is 0 Å². The second kappa shape index (κ2) is 65.0. The highest BCUT2D eigenvalue weighted by molar-refractivity contribution is 7.47. The number of phosphoric acid groups is 2. The molecule has 19 heteroatoms. The van der Waals surface area contributed by atoms with Crippen LogP contribution in [0.1, 0.15) is 375 Å². The van der Waals surface area contributed by atoms with Gasteiger partial charge in [0.15, 0.2) is 12.2 Å². The van der Waals surface area contributed by atoms with E-state index in [4.69, 9.17) is 37.0 Å². The van der Waals surface area contributed by atoms with E-state index < -0.39 is 97.5 Å². The first kappa shape index (κ1) is 90.1. The molecule has 0 bridgehead atoms. The van der Waals surface area contributed by atoms with Crippen molar-refractivity contribution in [2.45, 2.75) is 394 Å². The molecule has 0 aliphatic heterocycles.